The van der Waals surface area contributed by atoms with Gasteiger partial charge in [0.2, 0.25) is 0 Å². The maximum absolute atomic E-state index is 12.6. The predicted molar refractivity (Wildman–Crippen MR) is 82.8 cm³/mol. The van der Waals surface area contributed by atoms with Crippen molar-refractivity contribution in [3.63, 3.8) is 0 Å². The molecule has 1 aliphatic heterocycles. The molecule has 0 spiro atoms. The minimum absolute atomic E-state index is 0.0294. The molecule has 0 saturated heterocycles. The van der Waals surface area contributed by atoms with Crippen LogP contribution in [-0.4, -0.2) is 34.3 Å². The Kier molecular flexibility index (Phi) is 3.48. The largest absolute Gasteiger partial charge is 0.331 e. The summed E-state index contributed by atoms with van der Waals surface area (Å²) in [6.07, 6.45) is 1.72. The van der Waals surface area contributed by atoms with Crippen molar-refractivity contribution >= 4 is 40.0 Å². The molecule has 104 valence electrons. The van der Waals surface area contributed by atoms with Gasteiger partial charge >= 0.3 is 0 Å². The number of fused-ring (bicyclic) bond motifs is 3. The molecule has 0 fully saturated rings. The Bertz CT molecular complexity index is 692. The zero-order chi connectivity index (χ0) is 14.3. The molecule has 0 N–H and O–H groups in total. The van der Waals surface area contributed by atoms with Crippen LogP contribution in [0.3, 0.4) is 0 Å². The van der Waals surface area contributed by atoms with Gasteiger partial charge in [0.1, 0.15) is 5.69 Å². The lowest BCUT2D eigenvalue weighted by molar-refractivity contribution is 0.0704. The summed E-state index contributed by atoms with van der Waals surface area (Å²) in [5.74, 6) is 0.371. The molecule has 20 heavy (non-hydrogen) atoms. The summed E-state index contributed by atoms with van der Waals surface area (Å²) in [7, 11) is 0. The number of carbonyl (C=O) groups is 1. The summed E-state index contributed by atoms with van der Waals surface area (Å²) in [6, 6.07) is 7.79. The Morgan fingerprint density at radius 3 is 2.85 bits per heavy atom. The van der Waals surface area contributed by atoms with Gasteiger partial charge in [-0.1, -0.05) is 35.9 Å². The van der Waals surface area contributed by atoms with E-state index in [1.807, 2.05) is 28.8 Å². The number of para-hydroxylation sites is 1. The first-order valence-corrected chi connectivity index (χ1v) is 7.34. The monoisotopic (exact) mass is 308 g/mol. The standard InChI is InChI=1S/C15H14Cl2N2O/c1-2-7-18-9-10(8-16)19-12-6-4-3-5-11(12)13(17)14(19)15(18)20/h2-6,10H,1,7-9H2. The van der Waals surface area contributed by atoms with E-state index >= 15 is 0 Å². The number of halogens is 2. The van der Waals surface area contributed by atoms with Crippen LogP contribution in [0.15, 0.2) is 36.9 Å². The molecular weight excluding hydrogens is 295 g/mol. The molecule has 1 aromatic heterocycles. The molecule has 0 bridgehead atoms. The van der Waals surface area contributed by atoms with E-state index in [4.69, 9.17) is 23.2 Å². The molecule has 0 radical (unpaired) electrons. The number of nitrogens with zero attached hydrogens (tertiary/aromatic N) is 2. The van der Waals surface area contributed by atoms with E-state index in [2.05, 4.69) is 6.58 Å². The maximum atomic E-state index is 12.6. The lowest BCUT2D eigenvalue weighted by Crippen LogP contribution is -2.43. The van der Waals surface area contributed by atoms with Gasteiger partial charge in [0, 0.05) is 24.4 Å². The van der Waals surface area contributed by atoms with Gasteiger partial charge in [-0.2, -0.15) is 0 Å². The summed E-state index contributed by atoms with van der Waals surface area (Å²) in [5.41, 5.74) is 1.50. The summed E-state index contributed by atoms with van der Waals surface area (Å²) >= 11 is 12.5. The molecule has 1 amide bonds. The third-order valence-corrected chi connectivity index (χ3v) is 4.40. The molecule has 1 aliphatic rings. The van der Waals surface area contributed by atoms with Crippen LogP contribution in [-0.2, 0) is 0 Å². The van der Waals surface area contributed by atoms with Crippen molar-refractivity contribution in [1.29, 1.82) is 0 Å². The smallest absolute Gasteiger partial charge is 0.272 e. The van der Waals surface area contributed by atoms with Crippen molar-refractivity contribution in [3.05, 3.63) is 47.6 Å². The molecule has 1 atom stereocenters. The van der Waals surface area contributed by atoms with Gasteiger partial charge in [-0.3, -0.25) is 4.79 Å². The lowest BCUT2D eigenvalue weighted by Gasteiger charge is -2.33. The second-order valence-corrected chi connectivity index (χ2v) is 5.54. The molecule has 0 saturated carbocycles. The van der Waals surface area contributed by atoms with Crippen molar-refractivity contribution in [2.75, 3.05) is 19.0 Å². The molecule has 1 unspecified atom stereocenters. The van der Waals surface area contributed by atoms with Gasteiger partial charge in [-0.25, -0.2) is 0 Å². The summed E-state index contributed by atoms with van der Waals surface area (Å²) in [5, 5.41) is 1.41. The quantitative estimate of drug-likeness (QED) is 0.626. The highest BCUT2D eigenvalue weighted by atomic mass is 35.5. The van der Waals surface area contributed by atoms with E-state index in [1.54, 1.807) is 11.0 Å². The number of hydrogen-bond acceptors (Lipinski definition) is 1. The Hall–Kier alpha value is -1.45. The third kappa shape index (κ3) is 1.85. The first-order chi connectivity index (χ1) is 9.69. The van der Waals surface area contributed by atoms with E-state index in [1.165, 1.54) is 0 Å². The highest BCUT2D eigenvalue weighted by Crippen LogP contribution is 2.37. The Morgan fingerprint density at radius 1 is 1.40 bits per heavy atom. The van der Waals surface area contributed by atoms with Crippen LogP contribution in [0.4, 0.5) is 0 Å². The van der Waals surface area contributed by atoms with Crippen LogP contribution in [0.25, 0.3) is 10.9 Å². The molecule has 2 heterocycles. The Balaban J connectivity index is 2.26. The average molecular weight is 309 g/mol. The van der Waals surface area contributed by atoms with Crippen molar-refractivity contribution in [1.82, 2.24) is 9.47 Å². The molecule has 2 aromatic rings. The molecule has 1 aromatic carbocycles. The van der Waals surface area contributed by atoms with E-state index in [0.29, 0.717) is 29.7 Å². The summed E-state index contributed by atoms with van der Waals surface area (Å²) in [4.78, 5) is 14.3. The fraction of sp³-hybridized carbons (Fsp3) is 0.267. The maximum Gasteiger partial charge on any atom is 0.272 e. The van der Waals surface area contributed by atoms with E-state index < -0.39 is 0 Å². The minimum Gasteiger partial charge on any atom is -0.331 e. The van der Waals surface area contributed by atoms with Crippen molar-refractivity contribution in [3.8, 4) is 0 Å². The van der Waals surface area contributed by atoms with Gasteiger partial charge in [0.15, 0.2) is 0 Å². The van der Waals surface area contributed by atoms with Gasteiger partial charge in [-0.15, -0.1) is 18.2 Å². The Morgan fingerprint density at radius 2 is 2.15 bits per heavy atom. The van der Waals surface area contributed by atoms with E-state index in [0.717, 1.165) is 10.9 Å². The van der Waals surface area contributed by atoms with Crippen molar-refractivity contribution < 1.29 is 4.79 Å². The first-order valence-electron chi connectivity index (χ1n) is 6.43. The highest BCUT2D eigenvalue weighted by Gasteiger charge is 2.34. The second kappa shape index (κ2) is 5.15. The van der Waals surface area contributed by atoms with Crippen LogP contribution in [0, 0.1) is 0 Å². The number of amides is 1. The minimum atomic E-state index is -0.0625. The SMILES string of the molecule is C=CCN1CC(CCl)n2c(c(Cl)c3ccccc32)C1=O. The zero-order valence-electron chi connectivity index (χ0n) is 10.9. The Labute approximate surface area is 127 Å². The van der Waals surface area contributed by atoms with Gasteiger partial charge in [0.25, 0.3) is 5.91 Å². The van der Waals surface area contributed by atoms with Gasteiger partial charge in [0.05, 0.1) is 16.6 Å². The molecule has 5 heteroatoms. The molecule has 0 aliphatic carbocycles. The fourth-order valence-corrected chi connectivity index (χ4v) is 3.37. The van der Waals surface area contributed by atoms with Crippen LogP contribution in [0.1, 0.15) is 16.5 Å². The summed E-state index contributed by atoms with van der Waals surface area (Å²) in [6.45, 7) is 4.78. The van der Waals surface area contributed by atoms with E-state index in [-0.39, 0.29) is 11.9 Å². The average Bonchev–Trinajstić information content (AvgIpc) is 2.77. The molecule has 3 nitrogen and oxygen atoms in total. The van der Waals surface area contributed by atoms with Crippen LogP contribution >= 0.6 is 23.2 Å². The van der Waals surface area contributed by atoms with Crippen molar-refractivity contribution in [2.24, 2.45) is 0 Å². The normalized spacial score (nSPS) is 18.4. The van der Waals surface area contributed by atoms with E-state index in [9.17, 15) is 4.79 Å². The molecule has 3 rings (SSSR count). The van der Waals surface area contributed by atoms with Crippen LogP contribution < -0.4 is 0 Å². The first kappa shape index (κ1) is 13.5. The fourth-order valence-electron chi connectivity index (χ4n) is 2.80. The van der Waals surface area contributed by atoms with Gasteiger partial charge < -0.3 is 9.47 Å². The number of carbonyl (C=O) groups excluding carboxylic acids is 1. The van der Waals surface area contributed by atoms with Gasteiger partial charge in [-0.05, 0) is 6.07 Å². The number of aromatic nitrogens is 1. The number of alkyl halides is 1. The van der Waals surface area contributed by atoms with Crippen LogP contribution in [0.2, 0.25) is 5.02 Å². The summed E-state index contributed by atoms with van der Waals surface area (Å²) < 4.78 is 1.98. The zero-order valence-corrected chi connectivity index (χ0v) is 12.4. The number of hydrogen-bond donors (Lipinski definition) is 0. The highest BCUT2D eigenvalue weighted by molar-refractivity contribution is 6.39. The van der Waals surface area contributed by atoms with Crippen molar-refractivity contribution in [2.45, 2.75) is 6.04 Å². The topological polar surface area (TPSA) is 25.2 Å². The number of benzene rings is 1. The molecular formula is C15H14Cl2N2O. The van der Waals surface area contributed by atoms with Crippen LogP contribution in [0.5, 0.6) is 0 Å². The lowest BCUT2D eigenvalue weighted by atomic mass is 10.2. The predicted octanol–water partition coefficient (Wildman–Crippen LogP) is 3.72. The number of rotatable bonds is 3. The second-order valence-electron chi connectivity index (χ2n) is 4.86. The third-order valence-electron chi connectivity index (χ3n) is 3.66.